The highest BCUT2D eigenvalue weighted by atomic mass is 79.9. The molecule has 1 aromatic carbocycles. The fourth-order valence-corrected chi connectivity index (χ4v) is 3.35. The van der Waals surface area contributed by atoms with Crippen LogP contribution in [0.2, 0.25) is 0 Å². The van der Waals surface area contributed by atoms with Gasteiger partial charge in [0.2, 0.25) is 0 Å². The predicted molar refractivity (Wildman–Crippen MR) is 90.2 cm³/mol. The minimum absolute atomic E-state index is 0.492. The number of nitrogens with zero attached hydrogens (tertiary/aromatic N) is 2. The van der Waals surface area contributed by atoms with Crippen molar-refractivity contribution in [3.05, 3.63) is 45.7 Å². The molecule has 4 heteroatoms. The van der Waals surface area contributed by atoms with Crippen molar-refractivity contribution < 1.29 is 0 Å². The first-order valence-electron chi connectivity index (χ1n) is 7.61. The quantitative estimate of drug-likeness (QED) is 0.881. The Labute approximate surface area is 134 Å². The Balaban J connectivity index is 1.88. The molecule has 21 heavy (non-hydrogen) atoms. The van der Waals surface area contributed by atoms with Gasteiger partial charge in [-0.2, -0.15) is 5.10 Å². The van der Waals surface area contributed by atoms with Gasteiger partial charge in [0.05, 0.1) is 11.4 Å². The summed E-state index contributed by atoms with van der Waals surface area (Å²) in [4.78, 5) is 0. The Kier molecular flexibility index (Phi) is 4.18. The molecule has 1 aliphatic carbocycles. The summed E-state index contributed by atoms with van der Waals surface area (Å²) in [6.07, 6.45) is 2.67. The van der Waals surface area contributed by atoms with Crippen molar-refractivity contribution in [1.82, 2.24) is 15.1 Å². The fraction of sp³-hybridized carbons (Fsp3) is 0.471. The second-order valence-corrected chi connectivity index (χ2v) is 6.98. The van der Waals surface area contributed by atoms with E-state index in [1.165, 1.54) is 24.1 Å². The summed E-state index contributed by atoms with van der Waals surface area (Å²) in [5.41, 5.74) is 4.87. The number of nitrogens with one attached hydrogen (secondary N) is 1. The minimum atomic E-state index is 0.492. The molecule has 1 atom stereocenters. The van der Waals surface area contributed by atoms with Crippen molar-refractivity contribution >= 4 is 15.9 Å². The number of rotatable bonds is 5. The smallest absolute Gasteiger partial charge is 0.0660 e. The zero-order valence-electron chi connectivity index (χ0n) is 12.9. The molecule has 112 valence electrons. The van der Waals surface area contributed by atoms with E-state index in [2.05, 4.69) is 58.8 Å². The summed E-state index contributed by atoms with van der Waals surface area (Å²) >= 11 is 3.53. The SMILES string of the molecule is Cc1nn(-c2cccc(Br)c2)c(C)c1C(C)CNC1CC1. The Hall–Kier alpha value is -1.13. The van der Waals surface area contributed by atoms with E-state index in [0.717, 1.165) is 28.4 Å². The van der Waals surface area contributed by atoms with Crippen molar-refractivity contribution in [3.8, 4) is 5.69 Å². The Morgan fingerprint density at radius 2 is 2.14 bits per heavy atom. The van der Waals surface area contributed by atoms with Gasteiger partial charge in [0.25, 0.3) is 0 Å². The van der Waals surface area contributed by atoms with E-state index in [0.29, 0.717) is 5.92 Å². The van der Waals surface area contributed by atoms with Gasteiger partial charge in [-0.15, -0.1) is 0 Å². The number of hydrogen-bond acceptors (Lipinski definition) is 2. The molecule has 2 aromatic rings. The maximum atomic E-state index is 4.75. The number of hydrogen-bond donors (Lipinski definition) is 1. The molecule has 1 aliphatic rings. The molecule has 0 aliphatic heterocycles. The zero-order chi connectivity index (χ0) is 15.0. The second-order valence-electron chi connectivity index (χ2n) is 6.06. The van der Waals surface area contributed by atoms with Crippen LogP contribution in [0.1, 0.15) is 42.6 Å². The van der Waals surface area contributed by atoms with Crippen molar-refractivity contribution in [2.45, 2.75) is 45.6 Å². The largest absolute Gasteiger partial charge is 0.313 e. The van der Waals surface area contributed by atoms with Crippen LogP contribution in [-0.2, 0) is 0 Å². The molecule has 1 N–H and O–H groups in total. The van der Waals surface area contributed by atoms with Gasteiger partial charge in [0.1, 0.15) is 0 Å². The van der Waals surface area contributed by atoms with E-state index in [1.54, 1.807) is 0 Å². The maximum Gasteiger partial charge on any atom is 0.0660 e. The van der Waals surface area contributed by atoms with Gasteiger partial charge in [-0.1, -0.05) is 28.9 Å². The van der Waals surface area contributed by atoms with Gasteiger partial charge in [-0.25, -0.2) is 4.68 Å². The number of benzene rings is 1. The molecule has 3 rings (SSSR count). The molecular formula is C17H22BrN3. The van der Waals surface area contributed by atoms with Gasteiger partial charge in [0, 0.05) is 28.3 Å². The summed E-state index contributed by atoms with van der Waals surface area (Å²) in [5.74, 6) is 0.492. The molecule has 1 saturated carbocycles. The second kappa shape index (κ2) is 5.93. The van der Waals surface area contributed by atoms with E-state index in [1.807, 2.05) is 12.1 Å². The van der Waals surface area contributed by atoms with Crippen molar-refractivity contribution in [2.24, 2.45) is 0 Å². The molecule has 0 spiro atoms. The molecule has 0 saturated heterocycles. The normalized spacial score (nSPS) is 16.2. The highest BCUT2D eigenvalue weighted by Crippen LogP contribution is 2.27. The predicted octanol–water partition coefficient (Wildman–Crippen LogP) is 4.11. The van der Waals surface area contributed by atoms with Gasteiger partial charge in [0.15, 0.2) is 0 Å². The van der Waals surface area contributed by atoms with Crippen molar-refractivity contribution in [2.75, 3.05) is 6.54 Å². The minimum Gasteiger partial charge on any atom is -0.313 e. The fourth-order valence-electron chi connectivity index (χ4n) is 2.96. The number of halogens is 1. The van der Waals surface area contributed by atoms with Crippen LogP contribution in [0.15, 0.2) is 28.7 Å². The van der Waals surface area contributed by atoms with Crippen molar-refractivity contribution in [1.29, 1.82) is 0 Å². The molecule has 1 unspecified atom stereocenters. The van der Waals surface area contributed by atoms with E-state index in [4.69, 9.17) is 5.10 Å². The lowest BCUT2D eigenvalue weighted by Crippen LogP contribution is -2.22. The van der Waals surface area contributed by atoms with Crippen LogP contribution in [0.5, 0.6) is 0 Å². The summed E-state index contributed by atoms with van der Waals surface area (Å²) < 4.78 is 3.14. The summed E-state index contributed by atoms with van der Waals surface area (Å²) in [6.45, 7) is 7.61. The average Bonchev–Trinajstić information content (AvgIpc) is 3.22. The third kappa shape index (κ3) is 3.22. The monoisotopic (exact) mass is 347 g/mol. The van der Waals surface area contributed by atoms with E-state index in [-0.39, 0.29) is 0 Å². The molecule has 1 aromatic heterocycles. The molecule has 0 radical (unpaired) electrons. The first-order chi connectivity index (χ1) is 10.1. The molecule has 0 amide bonds. The lowest BCUT2D eigenvalue weighted by atomic mass is 9.99. The zero-order valence-corrected chi connectivity index (χ0v) is 14.4. The van der Waals surface area contributed by atoms with Crippen LogP contribution in [0.3, 0.4) is 0 Å². The first kappa shape index (κ1) is 14.8. The number of aromatic nitrogens is 2. The Morgan fingerprint density at radius 1 is 1.38 bits per heavy atom. The third-order valence-corrected chi connectivity index (χ3v) is 4.68. The van der Waals surface area contributed by atoms with E-state index in [9.17, 15) is 0 Å². The Bertz CT molecular complexity index is 643. The van der Waals surface area contributed by atoms with E-state index < -0.39 is 0 Å². The van der Waals surface area contributed by atoms with Crippen molar-refractivity contribution in [3.63, 3.8) is 0 Å². The van der Waals surface area contributed by atoms with Crippen LogP contribution in [0.4, 0.5) is 0 Å². The standard InChI is InChI=1S/C17H22BrN3/c1-11(10-19-15-7-8-15)17-12(2)20-21(13(17)3)16-6-4-5-14(18)9-16/h4-6,9,11,15,19H,7-8,10H2,1-3H3. The molecule has 3 nitrogen and oxygen atoms in total. The maximum absolute atomic E-state index is 4.75. The van der Waals surface area contributed by atoms with Crippen LogP contribution < -0.4 is 5.32 Å². The highest BCUT2D eigenvalue weighted by Gasteiger charge is 2.23. The van der Waals surface area contributed by atoms with Gasteiger partial charge in [-0.05, 0) is 50.8 Å². The van der Waals surface area contributed by atoms with Crippen LogP contribution in [0.25, 0.3) is 5.69 Å². The summed E-state index contributed by atoms with van der Waals surface area (Å²) in [5, 5.41) is 8.38. The Morgan fingerprint density at radius 3 is 2.81 bits per heavy atom. The highest BCUT2D eigenvalue weighted by molar-refractivity contribution is 9.10. The van der Waals surface area contributed by atoms with Crippen LogP contribution in [0, 0.1) is 13.8 Å². The van der Waals surface area contributed by atoms with Crippen LogP contribution in [-0.4, -0.2) is 22.4 Å². The lowest BCUT2D eigenvalue weighted by molar-refractivity contribution is 0.608. The molecular weight excluding hydrogens is 326 g/mol. The first-order valence-corrected chi connectivity index (χ1v) is 8.41. The van der Waals surface area contributed by atoms with Gasteiger partial charge in [-0.3, -0.25) is 0 Å². The molecule has 0 bridgehead atoms. The van der Waals surface area contributed by atoms with Gasteiger partial charge >= 0.3 is 0 Å². The molecule has 1 heterocycles. The topological polar surface area (TPSA) is 29.9 Å². The van der Waals surface area contributed by atoms with Gasteiger partial charge < -0.3 is 5.32 Å². The number of aryl methyl sites for hydroxylation is 1. The summed E-state index contributed by atoms with van der Waals surface area (Å²) in [6, 6.07) is 9.05. The van der Waals surface area contributed by atoms with E-state index >= 15 is 0 Å². The van der Waals surface area contributed by atoms with Crippen LogP contribution >= 0.6 is 15.9 Å². The average molecular weight is 348 g/mol. The summed E-state index contributed by atoms with van der Waals surface area (Å²) in [7, 11) is 0. The lowest BCUT2D eigenvalue weighted by Gasteiger charge is -2.13. The molecule has 1 fully saturated rings. The third-order valence-electron chi connectivity index (χ3n) is 4.18.